The predicted molar refractivity (Wildman–Crippen MR) is 125 cm³/mol. The van der Waals surface area contributed by atoms with Crippen LogP contribution in [-0.4, -0.2) is 46.4 Å². The largest absolute Gasteiger partial charge is 0.397 e. The van der Waals surface area contributed by atoms with Gasteiger partial charge in [0.15, 0.2) is 5.01 Å². The third-order valence-corrected chi connectivity index (χ3v) is 6.68. The number of benzene rings is 1. The predicted octanol–water partition coefficient (Wildman–Crippen LogP) is 3.17. The van der Waals surface area contributed by atoms with Gasteiger partial charge in [0.2, 0.25) is 0 Å². The second kappa shape index (κ2) is 8.46. The zero-order valence-electron chi connectivity index (χ0n) is 17.4. The van der Waals surface area contributed by atoms with Crippen LogP contribution in [0.5, 0.6) is 0 Å². The van der Waals surface area contributed by atoms with Gasteiger partial charge in [-0.05, 0) is 30.7 Å². The first-order valence-electron chi connectivity index (χ1n) is 10.5. The highest BCUT2D eigenvalue weighted by molar-refractivity contribution is 7.13. The maximum atomic E-state index is 12.8. The minimum atomic E-state index is -0.299. The smallest absolute Gasteiger partial charge is 0.322 e. The van der Waals surface area contributed by atoms with Gasteiger partial charge in [-0.25, -0.2) is 14.8 Å². The van der Waals surface area contributed by atoms with Gasteiger partial charge in [-0.2, -0.15) is 0 Å². The quantitative estimate of drug-likeness (QED) is 0.527. The van der Waals surface area contributed by atoms with E-state index in [0.717, 1.165) is 29.5 Å². The van der Waals surface area contributed by atoms with Gasteiger partial charge in [-0.1, -0.05) is 12.1 Å². The Morgan fingerprint density at radius 1 is 1.06 bits per heavy atom. The standard InChI is InChI=1S/C22H23N7O2S/c23-15-4-1-2-5-16(15)26-20(30)21-27-17-8-11-29(13-18(17)32-21)22(31)25-14-6-7-19(24-12-14)28-9-3-10-28/h1-2,4-7,12H,3,8-11,13,23H2,(H,25,31)(H,26,30). The molecule has 3 aromatic rings. The fourth-order valence-corrected chi connectivity index (χ4v) is 4.67. The lowest BCUT2D eigenvalue weighted by Crippen LogP contribution is -2.38. The van der Waals surface area contributed by atoms with Crippen molar-refractivity contribution < 1.29 is 9.59 Å². The third-order valence-electron chi connectivity index (χ3n) is 5.60. The van der Waals surface area contributed by atoms with Crippen molar-refractivity contribution in [1.29, 1.82) is 0 Å². The SMILES string of the molecule is Nc1ccccc1NC(=O)c1nc2c(s1)CN(C(=O)Nc1ccc(N3CCC3)nc1)CC2. The van der Waals surface area contributed by atoms with E-state index in [1.54, 1.807) is 23.2 Å². The Kier molecular flexibility index (Phi) is 5.36. The number of carbonyl (C=O) groups excluding carboxylic acids is 2. The summed E-state index contributed by atoms with van der Waals surface area (Å²) >= 11 is 1.31. The second-order valence-corrected chi connectivity index (χ2v) is 8.86. The Labute approximate surface area is 189 Å². The van der Waals surface area contributed by atoms with E-state index in [-0.39, 0.29) is 11.9 Å². The highest BCUT2D eigenvalue weighted by Crippen LogP contribution is 2.27. The fraction of sp³-hybridized carbons (Fsp3) is 0.273. The van der Waals surface area contributed by atoms with E-state index in [9.17, 15) is 9.59 Å². The molecule has 5 rings (SSSR count). The molecule has 3 amide bonds. The number of amides is 3. The Balaban J connectivity index is 1.21. The highest BCUT2D eigenvalue weighted by atomic mass is 32.1. The molecule has 0 radical (unpaired) electrons. The molecule has 4 heterocycles. The zero-order chi connectivity index (χ0) is 22.1. The maximum absolute atomic E-state index is 12.8. The number of hydrogen-bond donors (Lipinski definition) is 3. The van der Waals surface area contributed by atoms with E-state index in [4.69, 9.17) is 5.73 Å². The van der Waals surface area contributed by atoms with Crippen LogP contribution < -0.4 is 21.3 Å². The van der Waals surface area contributed by atoms with E-state index in [2.05, 4.69) is 25.5 Å². The molecule has 1 fully saturated rings. The van der Waals surface area contributed by atoms with E-state index in [0.29, 0.717) is 41.6 Å². The number of nitrogens with one attached hydrogen (secondary N) is 2. The summed E-state index contributed by atoms with van der Waals surface area (Å²) in [6.45, 7) is 3.01. The molecule has 0 atom stereocenters. The Hall–Kier alpha value is -3.66. The number of urea groups is 1. The summed E-state index contributed by atoms with van der Waals surface area (Å²) in [4.78, 5) is 39.1. The first-order chi connectivity index (χ1) is 15.6. The van der Waals surface area contributed by atoms with E-state index < -0.39 is 0 Å². The van der Waals surface area contributed by atoms with Gasteiger partial charge in [0, 0.05) is 30.9 Å². The second-order valence-electron chi connectivity index (χ2n) is 7.78. The Morgan fingerprint density at radius 2 is 1.91 bits per heavy atom. The summed E-state index contributed by atoms with van der Waals surface area (Å²) in [6, 6.07) is 10.7. The number of nitrogens with zero attached hydrogens (tertiary/aromatic N) is 4. The van der Waals surface area contributed by atoms with Gasteiger partial charge in [-0.3, -0.25) is 4.79 Å². The molecule has 0 aliphatic carbocycles. The molecule has 1 saturated heterocycles. The first-order valence-corrected chi connectivity index (χ1v) is 11.3. The number of fused-ring (bicyclic) bond motifs is 1. The number of para-hydroxylation sites is 2. The molecule has 2 aliphatic heterocycles. The molecule has 0 saturated carbocycles. The van der Waals surface area contributed by atoms with Gasteiger partial charge < -0.3 is 26.2 Å². The van der Waals surface area contributed by atoms with Gasteiger partial charge >= 0.3 is 6.03 Å². The van der Waals surface area contributed by atoms with Crippen molar-refractivity contribution in [3.8, 4) is 0 Å². The van der Waals surface area contributed by atoms with Crippen LogP contribution in [0.3, 0.4) is 0 Å². The van der Waals surface area contributed by atoms with Crippen LogP contribution in [0.4, 0.5) is 27.7 Å². The minimum Gasteiger partial charge on any atom is -0.397 e. The van der Waals surface area contributed by atoms with Crippen LogP contribution in [0.1, 0.15) is 26.8 Å². The van der Waals surface area contributed by atoms with Crippen LogP contribution >= 0.6 is 11.3 Å². The number of carbonyl (C=O) groups is 2. The molecule has 9 nitrogen and oxygen atoms in total. The Bertz CT molecular complexity index is 1160. The van der Waals surface area contributed by atoms with Crippen LogP contribution in [0.25, 0.3) is 0 Å². The van der Waals surface area contributed by atoms with Crippen molar-refractivity contribution in [2.24, 2.45) is 0 Å². The number of anilines is 4. The normalized spacial score (nSPS) is 15.0. The Morgan fingerprint density at radius 3 is 2.62 bits per heavy atom. The molecule has 1 aromatic carbocycles. The van der Waals surface area contributed by atoms with Crippen LogP contribution in [0, 0.1) is 0 Å². The maximum Gasteiger partial charge on any atom is 0.322 e. The molecule has 2 aliphatic rings. The summed E-state index contributed by atoms with van der Waals surface area (Å²) in [6.07, 6.45) is 3.48. The number of thiazole rings is 1. The van der Waals surface area contributed by atoms with Crippen molar-refractivity contribution in [2.75, 3.05) is 40.9 Å². The number of nitrogens with two attached hydrogens (primary N) is 1. The van der Waals surface area contributed by atoms with Crippen LogP contribution in [0.2, 0.25) is 0 Å². The lowest BCUT2D eigenvalue weighted by molar-refractivity contribution is 0.102. The molecule has 0 spiro atoms. The fourth-order valence-electron chi connectivity index (χ4n) is 3.65. The first kappa shape index (κ1) is 20.3. The van der Waals surface area contributed by atoms with Crippen LogP contribution in [0.15, 0.2) is 42.6 Å². The number of nitrogen functional groups attached to an aromatic ring is 1. The molecule has 0 bridgehead atoms. The van der Waals surface area contributed by atoms with E-state index in [1.165, 1.54) is 17.8 Å². The monoisotopic (exact) mass is 449 g/mol. The topological polar surface area (TPSA) is 116 Å². The summed E-state index contributed by atoms with van der Waals surface area (Å²) in [5.41, 5.74) is 8.48. The molecule has 2 aromatic heterocycles. The lowest BCUT2D eigenvalue weighted by Gasteiger charge is -2.32. The lowest BCUT2D eigenvalue weighted by atomic mass is 10.2. The molecule has 164 valence electrons. The van der Waals surface area contributed by atoms with Crippen molar-refractivity contribution in [1.82, 2.24) is 14.9 Å². The molecule has 32 heavy (non-hydrogen) atoms. The average molecular weight is 450 g/mol. The summed E-state index contributed by atoms with van der Waals surface area (Å²) in [5, 5.41) is 6.08. The van der Waals surface area contributed by atoms with Crippen molar-refractivity contribution in [2.45, 2.75) is 19.4 Å². The number of aromatic nitrogens is 2. The van der Waals surface area contributed by atoms with Gasteiger partial charge in [0.25, 0.3) is 5.91 Å². The summed E-state index contributed by atoms with van der Waals surface area (Å²) in [5.74, 6) is 0.635. The molecule has 4 N–H and O–H groups in total. The van der Waals surface area contributed by atoms with Gasteiger partial charge in [0.1, 0.15) is 5.82 Å². The minimum absolute atomic E-state index is 0.189. The van der Waals surface area contributed by atoms with Gasteiger partial charge in [0.05, 0.1) is 35.5 Å². The van der Waals surface area contributed by atoms with E-state index >= 15 is 0 Å². The molecular weight excluding hydrogens is 426 g/mol. The third kappa shape index (κ3) is 4.09. The number of rotatable bonds is 4. The number of pyridine rings is 1. The molecular formula is C22H23N7O2S. The summed E-state index contributed by atoms with van der Waals surface area (Å²) < 4.78 is 0. The van der Waals surface area contributed by atoms with Gasteiger partial charge in [-0.15, -0.1) is 11.3 Å². The van der Waals surface area contributed by atoms with Crippen LogP contribution in [-0.2, 0) is 13.0 Å². The van der Waals surface area contributed by atoms with E-state index in [1.807, 2.05) is 24.3 Å². The zero-order valence-corrected chi connectivity index (χ0v) is 18.2. The van der Waals surface area contributed by atoms with Crippen molar-refractivity contribution in [3.05, 3.63) is 58.2 Å². The molecule has 10 heteroatoms. The van der Waals surface area contributed by atoms with Crippen molar-refractivity contribution in [3.63, 3.8) is 0 Å². The number of hydrogen-bond acceptors (Lipinski definition) is 7. The average Bonchev–Trinajstić information content (AvgIpc) is 3.19. The summed E-state index contributed by atoms with van der Waals surface area (Å²) in [7, 11) is 0. The van der Waals surface area contributed by atoms with Crippen molar-refractivity contribution >= 4 is 46.2 Å². The molecule has 0 unspecified atom stereocenters. The highest BCUT2D eigenvalue weighted by Gasteiger charge is 2.26.